The largest absolute Gasteiger partial charge is 0.493 e. The van der Waals surface area contributed by atoms with E-state index in [9.17, 15) is 4.79 Å². The predicted octanol–water partition coefficient (Wildman–Crippen LogP) is 4.51. The number of carbonyl (C=O) groups excluding carboxylic acids is 1. The number of hydrogen-bond donors (Lipinski definition) is 1. The van der Waals surface area contributed by atoms with Crippen LogP contribution in [0.5, 0.6) is 11.5 Å². The molecule has 0 aromatic heterocycles. The van der Waals surface area contributed by atoms with Gasteiger partial charge in [-0.1, -0.05) is 38.0 Å². The van der Waals surface area contributed by atoms with Crippen molar-refractivity contribution >= 4 is 12.0 Å². The van der Waals surface area contributed by atoms with Crippen molar-refractivity contribution in [3.63, 3.8) is 0 Å². The summed E-state index contributed by atoms with van der Waals surface area (Å²) in [6.45, 7) is 3.33. The maximum atomic E-state index is 12.1. The highest BCUT2D eigenvalue weighted by Gasteiger charge is 2.05. The second kappa shape index (κ2) is 12.2. The normalized spacial score (nSPS) is 10.5. The first-order valence-corrected chi connectivity index (χ1v) is 9.92. The molecule has 5 heteroatoms. The minimum Gasteiger partial charge on any atom is -0.493 e. The monoisotopic (exact) mass is 392 g/mol. The molecule has 2 rings (SSSR count). The lowest BCUT2D eigenvalue weighted by Gasteiger charge is -2.11. The van der Waals surface area contributed by atoms with Gasteiger partial charge in [0.1, 0.15) is 0 Å². The second-order valence-electron chi connectivity index (χ2n) is 6.65. The highest BCUT2D eigenvalue weighted by Crippen LogP contribution is 2.28. The Hall–Kier alpha value is -3.26. The number of nitrogens with one attached hydrogen (secondary N) is 1. The first-order valence-electron chi connectivity index (χ1n) is 9.92. The average Bonchev–Trinajstić information content (AvgIpc) is 2.76. The summed E-state index contributed by atoms with van der Waals surface area (Å²) in [5.74, 6) is 1.22. The highest BCUT2D eigenvalue weighted by atomic mass is 16.5. The van der Waals surface area contributed by atoms with E-state index in [1.54, 1.807) is 25.3 Å². The molecule has 0 radical (unpaired) electrons. The van der Waals surface area contributed by atoms with E-state index in [2.05, 4.69) is 18.3 Å². The molecule has 0 bridgehead atoms. The fourth-order valence-electron chi connectivity index (χ4n) is 2.75. The van der Waals surface area contributed by atoms with E-state index in [1.165, 1.54) is 6.08 Å². The van der Waals surface area contributed by atoms with Gasteiger partial charge in [0.15, 0.2) is 11.5 Å². The summed E-state index contributed by atoms with van der Waals surface area (Å²) in [6, 6.07) is 15.1. The van der Waals surface area contributed by atoms with E-state index >= 15 is 0 Å². The second-order valence-corrected chi connectivity index (χ2v) is 6.65. The number of rotatable bonds is 11. The SMILES string of the molecule is CCCCCOc1cc(C=CC(=O)NCCc2ccc(C#N)cc2)ccc1OC. The van der Waals surface area contributed by atoms with Gasteiger partial charge in [-0.05, 0) is 54.3 Å². The Bertz CT molecular complexity index is 851. The van der Waals surface area contributed by atoms with Crippen LogP contribution in [0.1, 0.15) is 42.9 Å². The minimum absolute atomic E-state index is 0.153. The number of nitrogens with zero attached hydrogens (tertiary/aromatic N) is 1. The molecule has 1 N–H and O–H groups in total. The van der Waals surface area contributed by atoms with Crippen molar-refractivity contribution in [2.24, 2.45) is 0 Å². The molecule has 0 heterocycles. The Kier molecular flexibility index (Phi) is 9.31. The quantitative estimate of drug-likeness (QED) is 0.451. The van der Waals surface area contributed by atoms with E-state index in [0.717, 1.165) is 30.4 Å². The zero-order valence-electron chi connectivity index (χ0n) is 17.1. The van der Waals surface area contributed by atoms with Gasteiger partial charge in [-0.25, -0.2) is 0 Å². The summed E-state index contributed by atoms with van der Waals surface area (Å²) in [6.07, 6.45) is 7.26. The van der Waals surface area contributed by atoms with Crippen LogP contribution in [0.3, 0.4) is 0 Å². The number of benzene rings is 2. The Balaban J connectivity index is 1.85. The van der Waals surface area contributed by atoms with Crippen LogP contribution in [0, 0.1) is 11.3 Å². The lowest BCUT2D eigenvalue weighted by Crippen LogP contribution is -2.23. The zero-order valence-corrected chi connectivity index (χ0v) is 17.1. The van der Waals surface area contributed by atoms with Crippen LogP contribution in [-0.2, 0) is 11.2 Å². The first kappa shape index (κ1) is 22.0. The van der Waals surface area contributed by atoms with Crippen molar-refractivity contribution in [1.82, 2.24) is 5.32 Å². The molecule has 1 amide bonds. The average molecular weight is 392 g/mol. The number of methoxy groups -OCH3 is 1. The lowest BCUT2D eigenvalue weighted by atomic mass is 10.1. The fourth-order valence-corrected chi connectivity index (χ4v) is 2.75. The van der Waals surface area contributed by atoms with Crippen molar-refractivity contribution in [3.05, 3.63) is 65.2 Å². The third-order valence-electron chi connectivity index (χ3n) is 4.42. The van der Waals surface area contributed by atoms with Gasteiger partial charge < -0.3 is 14.8 Å². The van der Waals surface area contributed by atoms with E-state index < -0.39 is 0 Å². The van der Waals surface area contributed by atoms with Crippen LogP contribution < -0.4 is 14.8 Å². The van der Waals surface area contributed by atoms with Gasteiger partial charge >= 0.3 is 0 Å². The molecular weight excluding hydrogens is 364 g/mol. The standard InChI is InChI=1S/C24H28N2O3/c1-3-4-5-16-29-23-17-20(10-12-22(23)28-2)11-13-24(27)26-15-14-19-6-8-21(18-25)9-7-19/h6-13,17H,3-5,14-16H2,1-2H3,(H,26,27). The van der Waals surface area contributed by atoms with Gasteiger partial charge in [0.25, 0.3) is 0 Å². The Labute approximate surface area is 173 Å². The van der Waals surface area contributed by atoms with Gasteiger partial charge in [-0.2, -0.15) is 5.26 Å². The summed E-state index contributed by atoms with van der Waals surface area (Å²) < 4.78 is 11.2. The number of hydrogen-bond acceptors (Lipinski definition) is 4. The van der Waals surface area contributed by atoms with Crippen molar-refractivity contribution < 1.29 is 14.3 Å². The molecule has 0 atom stereocenters. The summed E-state index contributed by atoms with van der Waals surface area (Å²) in [7, 11) is 1.62. The minimum atomic E-state index is -0.153. The van der Waals surface area contributed by atoms with E-state index in [-0.39, 0.29) is 5.91 Å². The zero-order chi connectivity index (χ0) is 20.9. The highest BCUT2D eigenvalue weighted by molar-refractivity contribution is 5.91. The fraction of sp³-hybridized carbons (Fsp3) is 0.333. The summed E-state index contributed by atoms with van der Waals surface area (Å²) in [5.41, 5.74) is 2.58. The van der Waals surface area contributed by atoms with E-state index in [1.807, 2.05) is 30.3 Å². The van der Waals surface area contributed by atoms with Crippen LogP contribution in [-0.4, -0.2) is 26.2 Å². The van der Waals surface area contributed by atoms with E-state index in [4.69, 9.17) is 14.7 Å². The molecule has 0 saturated carbocycles. The van der Waals surface area contributed by atoms with Crippen molar-refractivity contribution in [3.8, 4) is 17.6 Å². The molecule has 29 heavy (non-hydrogen) atoms. The van der Waals surface area contributed by atoms with Gasteiger partial charge in [0.2, 0.25) is 5.91 Å². The maximum absolute atomic E-state index is 12.1. The third kappa shape index (κ3) is 7.71. The molecule has 152 valence electrons. The maximum Gasteiger partial charge on any atom is 0.244 e. The number of carbonyl (C=O) groups is 1. The molecule has 2 aromatic rings. The molecule has 0 spiro atoms. The van der Waals surface area contributed by atoms with Gasteiger partial charge in [-0.3, -0.25) is 4.79 Å². The molecule has 2 aromatic carbocycles. The molecule has 0 aliphatic rings. The third-order valence-corrected chi connectivity index (χ3v) is 4.42. The van der Waals surface area contributed by atoms with Crippen LogP contribution >= 0.6 is 0 Å². The van der Waals surface area contributed by atoms with Crippen molar-refractivity contribution in [2.75, 3.05) is 20.3 Å². The number of ether oxygens (including phenoxy) is 2. The molecule has 0 aliphatic carbocycles. The topological polar surface area (TPSA) is 71.3 Å². The Morgan fingerprint density at radius 3 is 2.62 bits per heavy atom. The molecule has 0 unspecified atom stereocenters. The molecule has 0 saturated heterocycles. The van der Waals surface area contributed by atoms with Gasteiger partial charge in [0, 0.05) is 12.6 Å². The molecule has 0 aliphatic heterocycles. The number of unbranched alkanes of at least 4 members (excludes halogenated alkanes) is 2. The first-order chi connectivity index (χ1) is 14.2. The number of amides is 1. The van der Waals surface area contributed by atoms with Crippen LogP contribution in [0.2, 0.25) is 0 Å². The summed E-state index contributed by atoms with van der Waals surface area (Å²) in [4.78, 5) is 12.1. The van der Waals surface area contributed by atoms with E-state index in [0.29, 0.717) is 36.6 Å². The van der Waals surface area contributed by atoms with Crippen LogP contribution in [0.15, 0.2) is 48.5 Å². The predicted molar refractivity (Wildman–Crippen MR) is 115 cm³/mol. The van der Waals surface area contributed by atoms with Crippen LogP contribution in [0.4, 0.5) is 0 Å². The van der Waals surface area contributed by atoms with Gasteiger partial charge in [-0.15, -0.1) is 0 Å². The lowest BCUT2D eigenvalue weighted by molar-refractivity contribution is -0.116. The molecule has 0 fully saturated rings. The Morgan fingerprint density at radius 1 is 1.14 bits per heavy atom. The number of nitriles is 1. The van der Waals surface area contributed by atoms with Crippen LogP contribution in [0.25, 0.3) is 6.08 Å². The summed E-state index contributed by atoms with van der Waals surface area (Å²) >= 11 is 0. The van der Waals surface area contributed by atoms with Crippen molar-refractivity contribution in [2.45, 2.75) is 32.6 Å². The Morgan fingerprint density at radius 2 is 1.93 bits per heavy atom. The molecule has 5 nitrogen and oxygen atoms in total. The van der Waals surface area contributed by atoms with Gasteiger partial charge in [0.05, 0.1) is 25.3 Å². The van der Waals surface area contributed by atoms with Crippen molar-refractivity contribution in [1.29, 1.82) is 5.26 Å². The molecular formula is C24H28N2O3. The smallest absolute Gasteiger partial charge is 0.244 e. The summed E-state index contributed by atoms with van der Waals surface area (Å²) in [5, 5.41) is 11.7.